The quantitative estimate of drug-likeness (QED) is 0.534. The third-order valence-corrected chi connectivity index (χ3v) is 6.11. The molecule has 0 fully saturated rings. The highest BCUT2D eigenvalue weighted by Gasteiger charge is 2.38. The zero-order valence-corrected chi connectivity index (χ0v) is 15.9. The smallest absolute Gasteiger partial charge is 0.357 e. The normalized spacial score (nSPS) is 12.8. The molecule has 0 spiro atoms. The van der Waals surface area contributed by atoms with Crippen LogP contribution in [0.25, 0.3) is 0 Å². The minimum atomic E-state index is -3.50. The number of benzene rings is 2. The molecule has 7 heteroatoms. The van der Waals surface area contributed by atoms with Crippen LogP contribution < -0.4 is 5.32 Å². The van der Waals surface area contributed by atoms with E-state index < -0.39 is 13.4 Å². The molecule has 2 rings (SSSR count). The minimum absolute atomic E-state index is 0.259. The lowest BCUT2D eigenvalue weighted by Gasteiger charge is -2.28. The molecule has 0 aliphatic rings. The van der Waals surface area contributed by atoms with Crippen molar-refractivity contribution < 1.29 is 13.6 Å². The number of nitrogens with one attached hydrogen (secondary N) is 1. The van der Waals surface area contributed by atoms with Crippen LogP contribution in [-0.2, 0) is 13.6 Å². The fraction of sp³-hybridized carbons (Fsp3) is 0.294. The molecular weight excluding hydrogens is 368 g/mol. The second-order valence-electron chi connectivity index (χ2n) is 4.95. The van der Waals surface area contributed by atoms with E-state index in [-0.39, 0.29) is 13.2 Å². The Balaban J connectivity index is 2.49. The van der Waals surface area contributed by atoms with Crippen molar-refractivity contribution in [2.45, 2.75) is 19.6 Å². The average molecular weight is 388 g/mol. The van der Waals surface area contributed by atoms with Gasteiger partial charge in [0, 0.05) is 21.3 Å². The molecule has 0 bridgehead atoms. The Morgan fingerprint density at radius 1 is 1.04 bits per heavy atom. The van der Waals surface area contributed by atoms with Crippen molar-refractivity contribution in [1.29, 1.82) is 0 Å². The standard InChI is InChI=1S/C17H20Cl2NO3P/c1-3-22-24(21,23-4-2)17(20-14-8-6-5-7-9-14)15-11-10-13(18)12-16(15)19/h5-12,17,20H,3-4H2,1-2H3/t17-/m1/s1. The summed E-state index contributed by atoms with van der Waals surface area (Å²) in [4.78, 5) is 0. The lowest BCUT2D eigenvalue weighted by molar-refractivity contribution is 0.214. The molecule has 4 nitrogen and oxygen atoms in total. The molecule has 130 valence electrons. The summed E-state index contributed by atoms with van der Waals surface area (Å²) in [7, 11) is -3.50. The Hall–Kier alpha value is -1.03. The van der Waals surface area contributed by atoms with E-state index in [4.69, 9.17) is 32.2 Å². The number of rotatable bonds is 8. The largest absolute Gasteiger partial charge is 0.368 e. The van der Waals surface area contributed by atoms with Gasteiger partial charge in [-0.2, -0.15) is 0 Å². The number of hydrogen-bond donors (Lipinski definition) is 1. The molecular formula is C17H20Cl2NO3P. The van der Waals surface area contributed by atoms with Crippen molar-refractivity contribution in [1.82, 2.24) is 0 Å². The van der Waals surface area contributed by atoms with E-state index in [9.17, 15) is 4.57 Å². The number of para-hydroxylation sites is 1. The van der Waals surface area contributed by atoms with Crippen LogP contribution in [0.4, 0.5) is 5.69 Å². The van der Waals surface area contributed by atoms with Crippen LogP contribution in [0, 0.1) is 0 Å². The summed E-state index contributed by atoms with van der Waals surface area (Å²) in [5, 5.41) is 4.13. The van der Waals surface area contributed by atoms with E-state index in [0.29, 0.717) is 15.6 Å². The summed E-state index contributed by atoms with van der Waals surface area (Å²) in [6.07, 6.45) is 0. The van der Waals surface area contributed by atoms with Crippen molar-refractivity contribution >= 4 is 36.5 Å². The Kier molecular flexibility index (Phi) is 7.15. The summed E-state index contributed by atoms with van der Waals surface area (Å²) >= 11 is 12.3. The molecule has 0 aliphatic heterocycles. The lowest BCUT2D eigenvalue weighted by Crippen LogP contribution is -2.15. The molecule has 1 atom stereocenters. The van der Waals surface area contributed by atoms with Crippen LogP contribution in [0.15, 0.2) is 48.5 Å². The minimum Gasteiger partial charge on any atom is -0.368 e. The average Bonchev–Trinajstić information content (AvgIpc) is 2.55. The third-order valence-electron chi connectivity index (χ3n) is 3.27. The fourth-order valence-electron chi connectivity index (χ4n) is 2.29. The molecule has 0 saturated carbocycles. The first-order valence-electron chi connectivity index (χ1n) is 7.65. The molecule has 0 aromatic heterocycles. The van der Waals surface area contributed by atoms with E-state index in [1.807, 2.05) is 30.3 Å². The van der Waals surface area contributed by atoms with Crippen molar-refractivity contribution in [2.75, 3.05) is 18.5 Å². The molecule has 0 radical (unpaired) electrons. The van der Waals surface area contributed by atoms with Gasteiger partial charge < -0.3 is 14.4 Å². The van der Waals surface area contributed by atoms with Crippen LogP contribution in [0.2, 0.25) is 10.0 Å². The SMILES string of the molecule is CCOP(=O)(OCC)[C@@H](Nc1ccccc1)c1ccc(Cl)cc1Cl. The topological polar surface area (TPSA) is 47.6 Å². The zero-order chi connectivity index (χ0) is 17.6. The highest BCUT2D eigenvalue weighted by Crippen LogP contribution is 2.61. The maximum absolute atomic E-state index is 13.4. The first kappa shape index (κ1) is 19.3. The summed E-state index contributed by atoms with van der Waals surface area (Å²) in [6, 6.07) is 14.5. The van der Waals surface area contributed by atoms with Crippen LogP contribution in [0.1, 0.15) is 25.2 Å². The van der Waals surface area contributed by atoms with Gasteiger partial charge in [-0.3, -0.25) is 4.57 Å². The Labute approximate surface area is 152 Å². The third kappa shape index (κ3) is 4.75. The zero-order valence-electron chi connectivity index (χ0n) is 13.5. The summed E-state index contributed by atoms with van der Waals surface area (Å²) in [5.74, 6) is -0.746. The Morgan fingerprint density at radius 3 is 2.21 bits per heavy atom. The molecule has 24 heavy (non-hydrogen) atoms. The predicted octanol–water partition coefficient (Wildman–Crippen LogP) is 6.37. The number of anilines is 1. The van der Waals surface area contributed by atoms with Gasteiger partial charge >= 0.3 is 7.60 Å². The fourth-order valence-corrected chi connectivity index (χ4v) is 4.85. The Morgan fingerprint density at radius 2 is 1.67 bits per heavy atom. The molecule has 0 amide bonds. The van der Waals surface area contributed by atoms with Gasteiger partial charge in [0.25, 0.3) is 0 Å². The Bertz CT molecular complexity index is 702. The maximum Gasteiger partial charge on any atom is 0.357 e. The van der Waals surface area contributed by atoms with Gasteiger partial charge in [0.1, 0.15) is 0 Å². The second kappa shape index (κ2) is 8.89. The van der Waals surface area contributed by atoms with Crippen molar-refractivity contribution in [3.63, 3.8) is 0 Å². The monoisotopic (exact) mass is 387 g/mol. The van der Waals surface area contributed by atoms with Gasteiger partial charge in [0.15, 0.2) is 5.78 Å². The molecule has 0 heterocycles. The number of halogens is 2. The van der Waals surface area contributed by atoms with Crippen LogP contribution in [0.3, 0.4) is 0 Å². The lowest BCUT2D eigenvalue weighted by atomic mass is 10.2. The van der Waals surface area contributed by atoms with E-state index in [1.165, 1.54) is 0 Å². The molecule has 0 unspecified atom stereocenters. The predicted molar refractivity (Wildman–Crippen MR) is 100 cm³/mol. The molecule has 1 N–H and O–H groups in total. The highest BCUT2D eigenvalue weighted by atomic mass is 35.5. The van der Waals surface area contributed by atoms with E-state index >= 15 is 0 Å². The molecule has 2 aromatic carbocycles. The van der Waals surface area contributed by atoms with Gasteiger partial charge in [-0.25, -0.2) is 0 Å². The van der Waals surface area contributed by atoms with E-state index in [0.717, 1.165) is 5.69 Å². The van der Waals surface area contributed by atoms with Crippen LogP contribution >= 0.6 is 30.8 Å². The van der Waals surface area contributed by atoms with Gasteiger partial charge in [-0.1, -0.05) is 47.5 Å². The first-order valence-corrected chi connectivity index (χ1v) is 10.0. The van der Waals surface area contributed by atoms with Crippen molar-refractivity contribution in [3.8, 4) is 0 Å². The molecule has 2 aromatic rings. The van der Waals surface area contributed by atoms with Gasteiger partial charge in [-0.05, 0) is 38.1 Å². The van der Waals surface area contributed by atoms with Crippen molar-refractivity contribution in [2.24, 2.45) is 0 Å². The molecule has 0 aliphatic carbocycles. The van der Waals surface area contributed by atoms with Crippen molar-refractivity contribution in [3.05, 3.63) is 64.1 Å². The van der Waals surface area contributed by atoms with Crippen LogP contribution in [-0.4, -0.2) is 13.2 Å². The van der Waals surface area contributed by atoms with E-state index in [1.54, 1.807) is 32.0 Å². The summed E-state index contributed by atoms with van der Waals surface area (Å²) < 4.78 is 24.4. The van der Waals surface area contributed by atoms with Crippen LogP contribution in [0.5, 0.6) is 0 Å². The summed E-state index contributed by atoms with van der Waals surface area (Å²) in [6.45, 7) is 4.06. The maximum atomic E-state index is 13.4. The van der Waals surface area contributed by atoms with E-state index in [2.05, 4.69) is 5.32 Å². The summed E-state index contributed by atoms with van der Waals surface area (Å²) in [5.41, 5.74) is 1.39. The first-order chi connectivity index (χ1) is 11.5. The second-order valence-corrected chi connectivity index (χ2v) is 7.91. The van der Waals surface area contributed by atoms with Gasteiger partial charge in [-0.15, -0.1) is 0 Å². The highest BCUT2D eigenvalue weighted by molar-refractivity contribution is 7.54. The molecule has 0 saturated heterocycles. The number of hydrogen-bond acceptors (Lipinski definition) is 4. The van der Waals surface area contributed by atoms with Gasteiger partial charge in [0.2, 0.25) is 0 Å². The van der Waals surface area contributed by atoms with Gasteiger partial charge in [0.05, 0.1) is 13.2 Å².